The SMILES string of the molecule is Cc1nn(C)c2ncc(C(=O)N3C[C@@H](C(N)=O)CC[C@H]3C)cc12. The van der Waals surface area contributed by atoms with Gasteiger partial charge in [0.05, 0.1) is 17.2 Å². The lowest BCUT2D eigenvalue weighted by molar-refractivity contribution is -0.123. The Labute approximate surface area is 134 Å². The normalized spacial score (nSPS) is 21.6. The first-order valence-corrected chi connectivity index (χ1v) is 7.78. The number of carbonyl (C=O) groups excluding carboxylic acids is 2. The molecule has 3 rings (SSSR count). The van der Waals surface area contributed by atoms with E-state index in [1.54, 1.807) is 15.8 Å². The maximum absolute atomic E-state index is 12.8. The number of nitrogens with zero attached hydrogens (tertiary/aromatic N) is 4. The third kappa shape index (κ3) is 2.67. The summed E-state index contributed by atoms with van der Waals surface area (Å²) in [7, 11) is 1.83. The number of aromatic nitrogens is 3. The lowest BCUT2D eigenvalue weighted by atomic mass is 9.92. The van der Waals surface area contributed by atoms with Crippen molar-refractivity contribution in [2.75, 3.05) is 6.54 Å². The van der Waals surface area contributed by atoms with Crippen LogP contribution in [0.4, 0.5) is 0 Å². The van der Waals surface area contributed by atoms with E-state index in [0.29, 0.717) is 12.1 Å². The van der Waals surface area contributed by atoms with Gasteiger partial charge in [0.15, 0.2) is 5.65 Å². The smallest absolute Gasteiger partial charge is 0.255 e. The van der Waals surface area contributed by atoms with Crippen molar-refractivity contribution in [3.63, 3.8) is 0 Å². The zero-order valence-electron chi connectivity index (χ0n) is 13.6. The van der Waals surface area contributed by atoms with Crippen molar-refractivity contribution in [1.82, 2.24) is 19.7 Å². The summed E-state index contributed by atoms with van der Waals surface area (Å²) in [4.78, 5) is 30.4. The molecule has 2 aromatic heterocycles. The Balaban J connectivity index is 1.92. The van der Waals surface area contributed by atoms with Crippen LogP contribution in [0.3, 0.4) is 0 Å². The summed E-state index contributed by atoms with van der Waals surface area (Å²) in [6.07, 6.45) is 3.09. The van der Waals surface area contributed by atoms with Gasteiger partial charge in [-0.1, -0.05) is 0 Å². The number of likely N-dealkylation sites (tertiary alicyclic amines) is 1. The van der Waals surface area contributed by atoms with Gasteiger partial charge < -0.3 is 10.6 Å². The number of carbonyl (C=O) groups is 2. The van der Waals surface area contributed by atoms with E-state index in [2.05, 4.69) is 10.1 Å². The van der Waals surface area contributed by atoms with Gasteiger partial charge in [-0.3, -0.25) is 14.3 Å². The van der Waals surface area contributed by atoms with Gasteiger partial charge in [0.2, 0.25) is 5.91 Å². The fraction of sp³-hybridized carbons (Fsp3) is 0.500. The molecule has 0 radical (unpaired) electrons. The second kappa shape index (κ2) is 5.64. The summed E-state index contributed by atoms with van der Waals surface area (Å²) in [5.41, 5.74) is 7.52. The average Bonchev–Trinajstić information content (AvgIpc) is 2.81. The first-order valence-electron chi connectivity index (χ1n) is 7.78. The van der Waals surface area contributed by atoms with E-state index in [-0.39, 0.29) is 23.8 Å². The Kier molecular flexibility index (Phi) is 3.79. The van der Waals surface area contributed by atoms with Crippen LogP contribution < -0.4 is 5.73 Å². The molecule has 0 aliphatic carbocycles. The molecule has 1 saturated heterocycles. The van der Waals surface area contributed by atoms with Gasteiger partial charge in [-0.15, -0.1) is 0 Å². The summed E-state index contributed by atoms with van der Waals surface area (Å²) < 4.78 is 1.70. The molecular weight excluding hydrogens is 294 g/mol. The van der Waals surface area contributed by atoms with Crippen molar-refractivity contribution in [2.45, 2.75) is 32.7 Å². The van der Waals surface area contributed by atoms with Crippen LogP contribution in [0.15, 0.2) is 12.3 Å². The number of nitrogens with two attached hydrogens (primary N) is 1. The zero-order valence-corrected chi connectivity index (χ0v) is 13.6. The number of fused-ring (bicyclic) bond motifs is 1. The zero-order chi connectivity index (χ0) is 16.7. The average molecular weight is 315 g/mol. The van der Waals surface area contributed by atoms with Crippen molar-refractivity contribution in [3.8, 4) is 0 Å². The molecule has 1 fully saturated rings. The minimum absolute atomic E-state index is 0.0868. The third-order valence-electron chi connectivity index (χ3n) is 4.66. The number of hydrogen-bond donors (Lipinski definition) is 1. The van der Waals surface area contributed by atoms with Crippen LogP contribution in [0.25, 0.3) is 11.0 Å². The van der Waals surface area contributed by atoms with Gasteiger partial charge in [-0.05, 0) is 32.8 Å². The second-order valence-corrected chi connectivity index (χ2v) is 6.29. The van der Waals surface area contributed by atoms with Crippen LogP contribution in [0, 0.1) is 12.8 Å². The number of rotatable bonds is 2. The van der Waals surface area contributed by atoms with Crippen molar-refractivity contribution in [2.24, 2.45) is 18.7 Å². The van der Waals surface area contributed by atoms with E-state index in [1.165, 1.54) is 0 Å². The van der Waals surface area contributed by atoms with E-state index >= 15 is 0 Å². The minimum atomic E-state index is -0.341. The maximum Gasteiger partial charge on any atom is 0.255 e. The quantitative estimate of drug-likeness (QED) is 0.894. The van der Waals surface area contributed by atoms with Gasteiger partial charge in [-0.25, -0.2) is 4.98 Å². The summed E-state index contributed by atoms with van der Waals surface area (Å²) in [6.45, 7) is 4.26. The van der Waals surface area contributed by atoms with Crippen LogP contribution in [-0.4, -0.2) is 44.1 Å². The van der Waals surface area contributed by atoms with E-state index < -0.39 is 0 Å². The molecule has 2 amide bonds. The molecule has 0 spiro atoms. The maximum atomic E-state index is 12.8. The molecule has 2 N–H and O–H groups in total. The van der Waals surface area contributed by atoms with Crippen molar-refractivity contribution in [3.05, 3.63) is 23.5 Å². The van der Waals surface area contributed by atoms with E-state index in [9.17, 15) is 9.59 Å². The molecule has 1 aliphatic rings. The fourth-order valence-corrected chi connectivity index (χ4v) is 3.21. The molecule has 122 valence electrons. The van der Waals surface area contributed by atoms with Crippen LogP contribution in [-0.2, 0) is 11.8 Å². The standard InChI is InChI=1S/C16H21N5O2/c1-9-4-5-11(14(17)22)8-21(9)16(23)12-6-13-10(2)19-20(3)15(13)18-7-12/h6-7,9,11H,4-5,8H2,1-3H3,(H2,17,22)/t9-,11+/m1/s1. The Morgan fingerprint density at radius 3 is 2.78 bits per heavy atom. The lowest BCUT2D eigenvalue weighted by Gasteiger charge is -2.36. The third-order valence-corrected chi connectivity index (χ3v) is 4.66. The largest absolute Gasteiger partial charge is 0.369 e. The Morgan fingerprint density at radius 1 is 1.35 bits per heavy atom. The minimum Gasteiger partial charge on any atom is -0.369 e. The van der Waals surface area contributed by atoms with Gasteiger partial charge in [0.1, 0.15) is 0 Å². The van der Waals surface area contributed by atoms with Crippen LogP contribution >= 0.6 is 0 Å². The van der Waals surface area contributed by atoms with Crippen LogP contribution in [0.1, 0.15) is 35.8 Å². The van der Waals surface area contributed by atoms with Gasteiger partial charge in [0, 0.05) is 31.2 Å². The molecule has 0 bridgehead atoms. The Bertz CT molecular complexity index is 782. The fourth-order valence-electron chi connectivity index (χ4n) is 3.21. The molecule has 0 unspecified atom stereocenters. The summed E-state index contributed by atoms with van der Waals surface area (Å²) in [5.74, 6) is -0.723. The monoisotopic (exact) mass is 315 g/mol. The summed E-state index contributed by atoms with van der Waals surface area (Å²) in [5, 5.41) is 5.19. The first kappa shape index (κ1) is 15.5. The molecule has 2 aromatic rings. The van der Waals surface area contributed by atoms with Gasteiger partial charge >= 0.3 is 0 Å². The van der Waals surface area contributed by atoms with Gasteiger partial charge in [0.25, 0.3) is 5.91 Å². The van der Waals surface area contributed by atoms with Crippen LogP contribution in [0.5, 0.6) is 0 Å². The topological polar surface area (TPSA) is 94.1 Å². The number of hydrogen-bond acceptors (Lipinski definition) is 4. The van der Waals surface area contributed by atoms with Crippen LogP contribution in [0.2, 0.25) is 0 Å². The van der Waals surface area contributed by atoms with E-state index in [4.69, 9.17) is 5.73 Å². The van der Waals surface area contributed by atoms with E-state index in [0.717, 1.165) is 29.6 Å². The van der Waals surface area contributed by atoms with Crippen molar-refractivity contribution in [1.29, 1.82) is 0 Å². The predicted octanol–water partition coefficient (Wildman–Crippen LogP) is 1.00. The van der Waals surface area contributed by atoms with Crippen molar-refractivity contribution >= 4 is 22.8 Å². The summed E-state index contributed by atoms with van der Waals surface area (Å²) in [6, 6.07) is 1.91. The van der Waals surface area contributed by atoms with Gasteiger partial charge in [-0.2, -0.15) is 5.10 Å². The molecule has 3 heterocycles. The first-order chi connectivity index (χ1) is 10.9. The van der Waals surface area contributed by atoms with Crippen molar-refractivity contribution < 1.29 is 9.59 Å². The Hall–Kier alpha value is -2.44. The van der Waals surface area contributed by atoms with E-state index in [1.807, 2.05) is 27.0 Å². The molecule has 0 saturated carbocycles. The Morgan fingerprint density at radius 2 is 2.09 bits per heavy atom. The molecule has 7 heteroatoms. The molecule has 0 aromatic carbocycles. The number of piperidine rings is 1. The number of primary amides is 1. The number of pyridine rings is 1. The number of aryl methyl sites for hydroxylation is 2. The highest BCUT2D eigenvalue weighted by Gasteiger charge is 2.32. The predicted molar refractivity (Wildman–Crippen MR) is 85.7 cm³/mol. The second-order valence-electron chi connectivity index (χ2n) is 6.29. The molecule has 7 nitrogen and oxygen atoms in total. The molecule has 1 aliphatic heterocycles. The highest BCUT2D eigenvalue weighted by Crippen LogP contribution is 2.24. The molecule has 23 heavy (non-hydrogen) atoms. The summed E-state index contributed by atoms with van der Waals surface area (Å²) >= 11 is 0. The highest BCUT2D eigenvalue weighted by atomic mass is 16.2. The number of amides is 2. The lowest BCUT2D eigenvalue weighted by Crippen LogP contribution is -2.48. The highest BCUT2D eigenvalue weighted by molar-refractivity contribution is 5.97. The molecule has 2 atom stereocenters. The molecular formula is C16H21N5O2.